The van der Waals surface area contributed by atoms with E-state index in [0.29, 0.717) is 17.1 Å². The molecule has 2 N–H and O–H groups in total. The van der Waals surface area contributed by atoms with Gasteiger partial charge in [-0.25, -0.2) is 9.82 Å². The Kier molecular flexibility index (Phi) is 5.69. The third kappa shape index (κ3) is 4.24. The van der Waals surface area contributed by atoms with E-state index in [4.69, 9.17) is 11.6 Å². The molecule has 3 rings (SSSR count). The standard InChI is InChI=1S/C18H18ClFN4O3/c1-23(10-12-8-14(24(26)27)6-7-16(12)19)18(25)15-9-21-22-17(15)11-2-4-13(20)5-3-11/h2-8,15,17,21-22H,9-10H2,1H3. The van der Waals surface area contributed by atoms with E-state index in [1.807, 2.05) is 0 Å². The molecule has 0 saturated carbocycles. The summed E-state index contributed by atoms with van der Waals surface area (Å²) in [4.78, 5) is 24.9. The number of benzene rings is 2. The molecule has 27 heavy (non-hydrogen) atoms. The predicted octanol–water partition coefficient (Wildman–Crippen LogP) is 2.81. The number of non-ortho nitro benzene ring substituents is 1. The lowest BCUT2D eigenvalue weighted by molar-refractivity contribution is -0.384. The summed E-state index contributed by atoms with van der Waals surface area (Å²) in [6, 6.07) is 9.81. The maximum atomic E-state index is 13.2. The number of nitrogens with zero attached hydrogens (tertiary/aromatic N) is 2. The normalized spacial score (nSPS) is 19.1. The van der Waals surface area contributed by atoms with Gasteiger partial charge in [-0.1, -0.05) is 23.7 Å². The number of hydrazine groups is 1. The van der Waals surface area contributed by atoms with Crippen LogP contribution >= 0.6 is 11.6 Å². The molecular formula is C18H18ClFN4O3. The highest BCUT2D eigenvalue weighted by molar-refractivity contribution is 6.31. The molecule has 0 bridgehead atoms. The van der Waals surface area contributed by atoms with Crippen LogP contribution in [0.5, 0.6) is 0 Å². The molecule has 0 radical (unpaired) electrons. The van der Waals surface area contributed by atoms with Crippen LogP contribution in [0.2, 0.25) is 5.02 Å². The molecule has 1 fully saturated rings. The minimum absolute atomic E-state index is 0.0800. The summed E-state index contributed by atoms with van der Waals surface area (Å²) in [5.74, 6) is -0.896. The molecule has 2 aromatic rings. The predicted molar refractivity (Wildman–Crippen MR) is 98.3 cm³/mol. The lowest BCUT2D eigenvalue weighted by Crippen LogP contribution is -2.36. The third-order valence-electron chi connectivity index (χ3n) is 4.55. The van der Waals surface area contributed by atoms with Crippen molar-refractivity contribution in [3.05, 3.63) is 74.5 Å². The van der Waals surface area contributed by atoms with Gasteiger partial charge in [0.05, 0.1) is 16.9 Å². The summed E-state index contributed by atoms with van der Waals surface area (Å²) in [5, 5.41) is 11.3. The average molecular weight is 393 g/mol. The number of hydrogen-bond acceptors (Lipinski definition) is 5. The zero-order valence-corrected chi connectivity index (χ0v) is 15.2. The molecule has 1 aliphatic rings. The number of nitrogens with one attached hydrogen (secondary N) is 2. The van der Waals surface area contributed by atoms with Crippen molar-refractivity contribution in [1.82, 2.24) is 15.8 Å². The second kappa shape index (κ2) is 7.99. The molecule has 9 heteroatoms. The van der Waals surface area contributed by atoms with E-state index in [1.165, 1.54) is 35.2 Å². The first kappa shape index (κ1) is 19.2. The second-order valence-electron chi connectivity index (χ2n) is 6.39. The number of carbonyl (C=O) groups is 1. The Morgan fingerprint density at radius 1 is 1.33 bits per heavy atom. The van der Waals surface area contributed by atoms with Gasteiger partial charge in [-0.2, -0.15) is 0 Å². The Morgan fingerprint density at radius 2 is 2.04 bits per heavy atom. The van der Waals surface area contributed by atoms with Crippen molar-refractivity contribution in [2.75, 3.05) is 13.6 Å². The van der Waals surface area contributed by atoms with Gasteiger partial charge in [0, 0.05) is 37.3 Å². The molecule has 7 nitrogen and oxygen atoms in total. The van der Waals surface area contributed by atoms with E-state index < -0.39 is 10.8 Å². The molecule has 142 valence electrons. The van der Waals surface area contributed by atoms with Crippen LogP contribution in [-0.4, -0.2) is 29.3 Å². The fourth-order valence-electron chi connectivity index (χ4n) is 3.13. The van der Waals surface area contributed by atoms with Gasteiger partial charge in [-0.3, -0.25) is 20.3 Å². The lowest BCUT2D eigenvalue weighted by Gasteiger charge is -2.25. The van der Waals surface area contributed by atoms with Gasteiger partial charge in [-0.05, 0) is 29.3 Å². The summed E-state index contributed by atoms with van der Waals surface area (Å²) < 4.78 is 13.2. The van der Waals surface area contributed by atoms with Crippen LogP contribution in [0.4, 0.5) is 10.1 Å². The number of carbonyl (C=O) groups excluding carboxylic acids is 1. The summed E-state index contributed by atoms with van der Waals surface area (Å²) >= 11 is 6.13. The number of rotatable bonds is 5. The van der Waals surface area contributed by atoms with Gasteiger partial charge in [0.1, 0.15) is 5.82 Å². The van der Waals surface area contributed by atoms with E-state index in [9.17, 15) is 19.3 Å². The lowest BCUT2D eigenvalue weighted by atomic mass is 9.93. The highest BCUT2D eigenvalue weighted by Gasteiger charge is 2.35. The number of nitro benzene ring substituents is 1. The zero-order chi connectivity index (χ0) is 19.6. The second-order valence-corrected chi connectivity index (χ2v) is 6.80. The smallest absolute Gasteiger partial charge is 0.269 e. The number of halogens is 2. The molecule has 2 unspecified atom stereocenters. The fraction of sp³-hybridized carbons (Fsp3) is 0.278. The molecule has 1 amide bonds. The van der Waals surface area contributed by atoms with Crippen molar-refractivity contribution in [3.63, 3.8) is 0 Å². The molecule has 2 aromatic carbocycles. The molecule has 0 spiro atoms. The van der Waals surface area contributed by atoms with Gasteiger partial charge in [0.25, 0.3) is 5.69 Å². The largest absolute Gasteiger partial charge is 0.341 e. The maximum absolute atomic E-state index is 13.2. The molecule has 0 aromatic heterocycles. The van der Waals surface area contributed by atoms with Crippen LogP contribution in [0, 0.1) is 21.8 Å². The van der Waals surface area contributed by atoms with Crippen LogP contribution in [0.3, 0.4) is 0 Å². The van der Waals surface area contributed by atoms with Crippen molar-refractivity contribution < 1.29 is 14.1 Å². The fourth-order valence-corrected chi connectivity index (χ4v) is 3.30. The van der Waals surface area contributed by atoms with Crippen LogP contribution in [0.15, 0.2) is 42.5 Å². The summed E-state index contributed by atoms with van der Waals surface area (Å²) in [5.41, 5.74) is 7.22. The van der Waals surface area contributed by atoms with Gasteiger partial charge < -0.3 is 4.90 Å². The molecule has 1 heterocycles. The van der Waals surface area contributed by atoms with Gasteiger partial charge >= 0.3 is 0 Å². The van der Waals surface area contributed by atoms with Crippen molar-refractivity contribution in [1.29, 1.82) is 0 Å². The van der Waals surface area contributed by atoms with Crippen LogP contribution in [-0.2, 0) is 11.3 Å². The van der Waals surface area contributed by atoms with E-state index in [-0.39, 0.29) is 30.0 Å². The minimum atomic E-state index is -0.503. The molecule has 0 aliphatic carbocycles. The molecule has 1 aliphatic heterocycles. The monoisotopic (exact) mass is 392 g/mol. The minimum Gasteiger partial charge on any atom is -0.341 e. The van der Waals surface area contributed by atoms with Crippen LogP contribution in [0.1, 0.15) is 17.2 Å². The van der Waals surface area contributed by atoms with Gasteiger partial charge in [0.2, 0.25) is 5.91 Å². The van der Waals surface area contributed by atoms with Crippen molar-refractivity contribution >= 4 is 23.2 Å². The van der Waals surface area contributed by atoms with E-state index in [1.54, 1.807) is 19.2 Å². The Morgan fingerprint density at radius 3 is 2.70 bits per heavy atom. The maximum Gasteiger partial charge on any atom is 0.269 e. The van der Waals surface area contributed by atoms with E-state index in [0.717, 1.165) is 5.56 Å². The van der Waals surface area contributed by atoms with Crippen molar-refractivity contribution in [2.24, 2.45) is 5.92 Å². The molecule has 1 saturated heterocycles. The van der Waals surface area contributed by atoms with Crippen LogP contribution < -0.4 is 10.9 Å². The van der Waals surface area contributed by atoms with E-state index >= 15 is 0 Å². The first-order valence-electron chi connectivity index (χ1n) is 8.28. The summed E-state index contributed by atoms with van der Waals surface area (Å²) in [6.45, 7) is 0.555. The van der Waals surface area contributed by atoms with Crippen molar-refractivity contribution in [3.8, 4) is 0 Å². The van der Waals surface area contributed by atoms with Gasteiger partial charge in [0.15, 0.2) is 0 Å². The highest BCUT2D eigenvalue weighted by Crippen LogP contribution is 2.28. The van der Waals surface area contributed by atoms with Crippen molar-refractivity contribution in [2.45, 2.75) is 12.6 Å². The number of amides is 1. The molecular weight excluding hydrogens is 375 g/mol. The first-order chi connectivity index (χ1) is 12.9. The SMILES string of the molecule is CN(Cc1cc([N+](=O)[O-])ccc1Cl)C(=O)C1CNNC1c1ccc(F)cc1. The Bertz CT molecular complexity index is 862. The quantitative estimate of drug-likeness (QED) is 0.603. The Hall–Kier alpha value is -2.55. The Balaban J connectivity index is 1.76. The zero-order valence-electron chi connectivity index (χ0n) is 14.5. The Labute approximate surface area is 160 Å². The highest BCUT2D eigenvalue weighted by atomic mass is 35.5. The molecule has 2 atom stereocenters. The number of hydrogen-bond donors (Lipinski definition) is 2. The number of nitro groups is 1. The first-order valence-corrected chi connectivity index (χ1v) is 8.66. The van der Waals surface area contributed by atoms with Gasteiger partial charge in [-0.15, -0.1) is 0 Å². The third-order valence-corrected chi connectivity index (χ3v) is 4.92. The topological polar surface area (TPSA) is 87.5 Å². The average Bonchev–Trinajstić information content (AvgIpc) is 3.13. The summed E-state index contributed by atoms with van der Waals surface area (Å²) in [7, 11) is 1.62. The summed E-state index contributed by atoms with van der Waals surface area (Å²) in [6.07, 6.45) is 0. The van der Waals surface area contributed by atoms with Crippen LogP contribution in [0.25, 0.3) is 0 Å². The van der Waals surface area contributed by atoms with E-state index in [2.05, 4.69) is 10.9 Å².